The van der Waals surface area contributed by atoms with E-state index in [0.717, 1.165) is 0 Å². The summed E-state index contributed by atoms with van der Waals surface area (Å²) in [5.74, 6) is 0.577. The molecule has 0 spiro atoms. The van der Waals surface area contributed by atoms with Crippen molar-refractivity contribution in [2.75, 3.05) is 6.54 Å². The van der Waals surface area contributed by atoms with E-state index in [1.165, 1.54) is 25.7 Å². The average molecular weight is 205 g/mol. The molecule has 1 rings (SSSR count). The molecule has 1 N–H and O–H groups in total. The maximum atomic E-state index is 11.4. The predicted molar refractivity (Wildman–Crippen MR) is 54.0 cm³/mol. The van der Waals surface area contributed by atoms with Crippen LogP contribution in [0.5, 0.6) is 0 Å². The van der Waals surface area contributed by atoms with E-state index >= 15 is 0 Å². The van der Waals surface area contributed by atoms with Gasteiger partial charge in [-0.05, 0) is 32.6 Å². The summed E-state index contributed by atoms with van der Waals surface area (Å²) in [6.45, 7) is 4.05. The Balaban J connectivity index is 2.33. The van der Waals surface area contributed by atoms with E-state index in [0.29, 0.717) is 12.5 Å². The summed E-state index contributed by atoms with van der Waals surface area (Å²) in [5.41, 5.74) is 0. The molecule has 0 bridgehead atoms. The van der Waals surface area contributed by atoms with Crippen LogP contribution in [0, 0.1) is 5.92 Å². The minimum atomic E-state index is -3.04. The zero-order chi connectivity index (χ0) is 9.90. The van der Waals surface area contributed by atoms with Gasteiger partial charge in [-0.15, -0.1) is 0 Å². The monoisotopic (exact) mass is 205 g/mol. The molecule has 0 amide bonds. The molecule has 0 atom stereocenters. The first kappa shape index (κ1) is 11.0. The Morgan fingerprint density at radius 1 is 1.31 bits per heavy atom. The van der Waals surface area contributed by atoms with Crippen LogP contribution >= 0.6 is 0 Å². The third-order valence-electron chi connectivity index (χ3n) is 2.67. The second kappa shape index (κ2) is 4.42. The lowest BCUT2D eigenvalue weighted by Crippen LogP contribution is -2.33. The van der Waals surface area contributed by atoms with Crippen molar-refractivity contribution in [1.29, 1.82) is 0 Å². The van der Waals surface area contributed by atoms with Gasteiger partial charge in [0.2, 0.25) is 10.0 Å². The van der Waals surface area contributed by atoms with E-state index < -0.39 is 10.0 Å². The van der Waals surface area contributed by atoms with Gasteiger partial charge >= 0.3 is 0 Å². The molecule has 0 heterocycles. The smallest absolute Gasteiger partial charge is 0.213 e. The molecule has 0 unspecified atom stereocenters. The molecular formula is C9H19NO2S. The average Bonchev–Trinajstić information content (AvgIpc) is 2.52. The van der Waals surface area contributed by atoms with Crippen molar-refractivity contribution in [3.05, 3.63) is 0 Å². The Hall–Kier alpha value is -0.0900. The molecule has 1 aliphatic rings. The van der Waals surface area contributed by atoms with Crippen LogP contribution in [0.15, 0.2) is 0 Å². The highest BCUT2D eigenvalue weighted by molar-refractivity contribution is 7.90. The third-order valence-corrected chi connectivity index (χ3v) is 4.48. The fourth-order valence-electron chi connectivity index (χ4n) is 1.62. The Kier molecular flexibility index (Phi) is 3.74. The molecule has 0 aliphatic heterocycles. The molecule has 1 fully saturated rings. The van der Waals surface area contributed by atoms with Crippen LogP contribution in [0.3, 0.4) is 0 Å². The highest BCUT2D eigenvalue weighted by atomic mass is 32.2. The van der Waals surface area contributed by atoms with Gasteiger partial charge < -0.3 is 0 Å². The Bertz CT molecular complexity index is 240. The first-order valence-corrected chi connectivity index (χ1v) is 6.55. The lowest BCUT2D eigenvalue weighted by molar-refractivity contribution is 0.516. The van der Waals surface area contributed by atoms with Crippen molar-refractivity contribution in [3.8, 4) is 0 Å². The summed E-state index contributed by atoms with van der Waals surface area (Å²) in [7, 11) is -3.04. The molecule has 3 nitrogen and oxygen atoms in total. The quantitative estimate of drug-likeness (QED) is 0.756. The minimum Gasteiger partial charge on any atom is -0.215 e. The topological polar surface area (TPSA) is 46.2 Å². The normalized spacial score (nSPS) is 19.9. The van der Waals surface area contributed by atoms with Crippen LogP contribution in [0.1, 0.15) is 39.5 Å². The number of hydrogen-bond donors (Lipinski definition) is 1. The van der Waals surface area contributed by atoms with E-state index in [-0.39, 0.29) is 5.25 Å². The van der Waals surface area contributed by atoms with Crippen LogP contribution in [-0.2, 0) is 10.0 Å². The van der Waals surface area contributed by atoms with Gasteiger partial charge in [0.05, 0.1) is 5.25 Å². The van der Waals surface area contributed by atoms with Gasteiger partial charge in [-0.1, -0.05) is 12.8 Å². The second-order valence-electron chi connectivity index (χ2n) is 4.09. The van der Waals surface area contributed by atoms with Crippen molar-refractivity contribution >= 4 is 10.0 Å². The summed E-state index contributed by atoms with van der Waals surface area (Å²) >= 11 is 0. The van der Waals surface area contributed by atoms with Crippen molar-refractivity contribution in [2.24, 2.45) is 5.92 Å². The summed E-state index contributed by atoms with van der Waals surface area (Å²) < 4.78 is 25.4. The molecule has 0 aromatic rings. The van der Waals surface area contributed by atoms with E-state index in [4.69, 9.17) is 0 Å². The van der Waals surface area contributed by atoms with Gasteiger partial charge in [0.15, 0.2) is 0 Å². The van der Waals surface area contributed by atoms with Gasteiger partial charge in [-0.3, -0.25) is 0 Å². The van der Waals surface area contributed by atoms with Gasteiger partial charge in [0, 0.05) is 6.54 Å². The van der Waals surface area contributed by atoms with Gasteiger partial charge in [0.1, 0.15) is 0 Å². The molecule has 4 heteroatoms. The molecule has 1 aliphatic carbocycles. The number of nitrogens with one attached hydrogen (secondary N) is 1. The predicted octanol–water partition coefficient (Wildman–Crippen LogP) is 1.50. The Labute approximate surface area is 81.0 Å². The molecule has 1 saturated carbocycles. The van der Waals surface area contributed by atoms with Crippen LogP contribution < -0.4 is 4.72 Å². The fourth-order valence-corrected chi connectivity index (χ4v) is 2.42. The fraction of sp³-hybridized carbons (Fsp3) is 1.00. The van der Waals surface area contributed by atoms with Crippen molar-refractivity contribution in [1.82, 2.24) is 4.72 Å². The number of hydrogen-bond acceptors (Lipinski definition) is 2. The second-order valence-corrected chi connectivity index (χ2v) is 6.41. The van der Waals surface area contributed by atoms with Crippen LogP contribution in [0.4, 0.5) is 0 Å². The first-order chi connectivity index (χ1) is 6.02. The lowest BCUT2D eigenvalue weighted by atomic mass is 10.1. The highest BCUT2D eigenvalue weighted by Crippen LogP contribution is 2.23. The van der Waals surface area contributed by atoms with Crippen molar-refractivity contribution < 1.29 is 8.42 Å². The Morgan fingerprint density at radius 3 is 2.31 bits per heavy atom. The standard InChI is InChI=1S/C9H19NO2S/c1-8(2)13(11,12)10-7-9-5-3-4-6-9/h8-10H,3-7H2,1-2H3. The molecule has 13 heavy (non-hydrogen) atoms. The summed E-state index contributed by atoms with van der Waals surface area (Å²) in [6.07, 6.45) is 4.88. The summed E-state index contributed by atoms with van der Waals surface area (Å²) in [6, 6.07) is 0. The maximum Gasteiger partial charge on any atom is 0.213 e. The van der Waals surface area contributed by atoms with Gasteiger partial charge in [-0.2, -0.15) is 0 Å². The highest BCUT2D eigenvalue weighted by Gasteiger charge is 2.20. The number of rotatable bonds is 4. The zero-order valence-electron chi connectivity index (χ0n) is 8.41. The van der Waals surface area contributed by atoms with E-state index in [9.17, 15) is 8.42 Å². The molecule has 0 radical (unpaired) electrons. The van der Waals surface area contributed by atoms with Crippen LogP contribution in [-0.4, -0.2) is 20.2 Å². The van der Waals surface area contributed by atoms with Crippen molar-refractivity contribution in [3.63, 3.8) is 0 Å². The molecule has 0 aromatic heterocycles. The van der Waals surface area contributed by atoms with E-state index in [1.807, 2.05) is 0 Å². The lowest BCUT2D eigenvalue weighted by Gasteiger charge is -2.12. The summed E-state index contributed by atoms with van der Waals surface area (Å²) in [5, 5.41) is -0.311. The van der Waals surface area contributed by atoms with Gasteiger partial charge in [0.25, 0.3) is 0 Å². The number of sulfonamides is 1. The third kappa shape index (κ3) is 3.27. The van der Waals surface area contributed by atoms with Crippen LogP contribution in [0.25, 0.3) is 0 Å². The molecular weight excluding hydrogens is 186 g/mol. The van der Waals surface area contributed by atoms with Crippen LogP contribution in [0.2, 0.25) is 0 Å². The molecule has 78 valence electrons. The minimum absolute atomic E-state index is 0.311. The van der Waals surface area contributed by atoms with E-state index in [2.05, 4.69) is 4.72 Å². The molecule has 0 saturated heterocycles. The molecule has 0 aromatic carbocycles. The SMILES string of the molecule is CC(C)S(=O)(=O)NCC1CCCC1. The zero-order valence-corrected chi connectivity index (χ0v) is 9.23. The first-order valence-electron chi connectivity index (χ1n) is 5.01. The summed E-state index contributed by atoms with van der Waals surface area (Å²) in [4.78, 5) is 0. The van der Waals surface area contributed by atoms with Gasteiger partial charge in [-0.25, -0.2) is 13.1 Å². The largest absolute Gasteiger partial charge is 0.215 e. The van der Waals surface area contributed by atoms with Crippen molar-refractivity contribution in [2.45, 2.75) is 44.8 Å². The Morgan fingerprint density at radius 2 is 1.85 bits per heavy atom. The van der Waals surface area contributed by atoms with E-state index in [1.54, 1.807) is 13.8 Å². The maximum absolute atomic E-state index is 11.4.